The number of nitro groups is 1. The van der Waals surface area contributed by atoms with E-state index in [-0.39, 0.29) is 17.3 Å². The number of methoxy groups -OCH3 is 1. The van der Waals surface area contributed by atoms with Crippen molar-refractivity contribution in [2.24, 2.45) is 5.73 Å². The zero-order valence-corrected chi connectivity index (χ0v) is 11.5. The van der Waals surface area contributed by atoms with Gasteiger partial charge in [0, 0.05) is 25.3 Å². The minimum Gasteiger partial charge on any atom is -0.439 e. The average molecular weight is 304 g/mol. The van der Waals surface area contributed by atoms with Gasteiger partial charge in [0.15, 0.2) is 6.10 Å². The highest BCUT2D eigenvalue weighted by Gasteiger charge is 2.19. The maximum atomic E-state index is 11.2. The summed E-state index contributed by atoms with van der Waals surface area (Å²) in [6.07, 6.45) is 0.188. The molecule has 1 aromatic heterocycles. The van der Waals surface area contributed by atoms with E-state index in [0.29, 0.717) is 5.75 Å². The van der Waals surface area contributed by atoms with Gasteiger partial charge in [-0.05, 0) is 12.1 Å². The third kappa shape index (κ3) is 3.52. The van der Waals surface area contributed by atoms with Crippen LogP contribution in [0.1, 0.15) is 11.8 Å². The molecule has 0 radical (unpaired) electrons. The van der Waals surface area contributed by atoms with Crippen LogP contribution < -0.4 is 10.5 Å². The van der Waals surface area contributed by atoms with Crippen LogP contribution in [0.5, 0.6) is 11.6 Å². The van der Waals surface area contributed by atoms with E-state index in [9.17, 15) is 14.9 Å². The predicted octanol–water partition coefficient (Wildman–Crippen LogP) is 1.35. The highest BCUT2D eigenvalue weighted by Crippen LogP contribution is 2.24. The van der Waals surface area contributed by atoms with Crippen LogP contribution in [0.2, 0.25) is 0 Å². The fraction of sp³-hybridized carbons (Fsp3) is 0.154. The van der Waals surface area contributed by atoms with Crippen molar-refractivity contribution in [2.45, 2.75) is 6.10 Å². The summed E-state index contributed by atoms with van der Waals surface area (Å²) in [7, 11) is 1.33. The summed E-state index contributed by atoms with van der Waals surface area (Å²) >= 11 is 0. The monoisotopic (exact) mass is 304 g/mol. The average Bonchev–Trinajstić information content (AvgIpc) is 2.48. The van der Waals surface area contributed by atoms with Crippen LogP contribution in [-0.2, 0) is 9.53 Å². The van der Waals surface area contributed by atoms with Crippen LogP contribution in [-0.4, -0.2) is 27.9 Å². The molecule has 114 valence electrons. The standard InChI is InChI=1S/C13H12N4O5/c1-21-12(13(14)18)10-6-11(16-7-15-10)22-9-4-2-8(3-5-9)17(19)20/h2-7,12H,1H3,(H2,14,18). The van der Waals surface area contributed by atoms with Gasteiger partial charge in [-0.1, -0.05) is 0 Å². The first kappa shape index (κ1) is 15.3. The Kier molecular flexibility index (Phi) is 4.59. The lowest BCUT2D eigenvalue weighted by Gasteiger charge is -2.11. The summed E-state index contributed by atoms with van der Waals surface area (Å²) in [6, 6.07) is 6.88. The number of benzene rings is 1. The molecule has 0 aliphatic rings. The fourth-order valence-corrected chi connectivity index (χ4v) is 1.69. The maximum Gasteiger partial charge on any atom is 0.269 e. The molecule has 0 fully saturated rings. The van der Waals surface area contributed by atoms with Crippen LogP contribution >= 0.6 is 0 Å². The van der Waals surface area contributed by atoms with Gasteiger partial charge in [0.05, 0.1) is 10.6 Å². The highest BCUT2D eigenvalue weighted by atomic mass is 16.6. The molecule has 2 aromatic rings. The van der Waals surface area contributed by atoms with Crippen LogP contribution in [0.3, 0.4) is 0 Å². The summed E-state index contributed by atoms with van der Waals surface area (Å²) in [5.74, 6) is -0.187. The SMILES string of the molecule is COC(C(N)=O)c1cc(Oc2ccc([N+](=O)[O-])cc2)ncn1. The van der Waals surface area contributed by atoms with Crippen molar-refractivity contribution in [3.05, 3.63) is 52.5 Å². The summed E-state index contributed by atoms with van der Waals surface area (Å²) in [5, 5.41) is 10.6. The second-order valence-electron chi connectivity index (χ2n) is 4.15. The van der Waals surface area contributed by atoms with E-state index in [1.54, 1.807) is 0 Å². The number of nitro benzene ring substituents is 1. The summed E-state index contributed by atoms with van der Waals surface area (Å²) in [4.78, 5) is 29.1. The second kappa shape index (κ2) is 6.59. The van der Waals surface area contributed by atoms with E-state index >= 15 is 0 Å². The van der Waals surface area contributed by atoms with E-state index in [2.05, 4.69) is 9.97 Å². The van der Waals surface area contributed by atoms with E-state index in [4.69, 9.17) is 15.2 Å². The molecule has 0 spiro atoms. The first-order valence-corrected chi connectivity index (χ1v) is 6.07. The highest BCUT2D eigenvalue weighted by molar-refractivity contribution is 5.79. The van der Waals surface area contributed by atoms with Gasteiger partial charge in [-0.2, -0.15) is 0 Å². The third-order valence-corrected chi connectivity index (χ3v) is 2.70. The van der Waals surface area contributed by atoms with Gasteiger partial charge < -0.3 is 15.2 Å². The predicted molar refractivity (Wildman–Crippen MR) is 74.1 cm³/mol. The third-order valence-electron chi connectivity index (χ3n) is 2.70. The molecular weight excluding hydrogens is 292 g/mol. The Morgan fingerprint density at radius 3 is 2.55 bits per heavy atom. The number of aromatic nitrogens is 2. The van der Waals surface area contributed by atoms with Crippen molar-refractivity contribution >= 4 is 11.6 Å². The lowest BCUT2D eigenvalue weighted by Crippen LogP contribution is -2.23. The number of amides is 1. The quantitative estimate of drug-likeness (QED) is 0.629. The number of hydrogen-bond acceptors (Lipinski definition) is 7. The molecule has 2 rings (SSSR count). The number of ether oxygens (including phenoxy) is 2. The smallest absolute Gasteiger partial charge is 0.269 e. The van der Waals surface area contributed by atoms with Crippen molar-refractivity contribution in [1.82, 2.24) is 9.97 Å². The molecular formula is C13H12N4O5. The van der Waals surface area contributed by atoms with Crippen molar-refractivity contribution in [3.63, 3.8) is 0 Å². The molecule has 1 atom stereocenters. The van der Waals surface area contributed by atoms with Crippen molar-refractivity contribution in [3.8, 4) is 11.6 Å². The molecule has 0 bridgehead atoms. The number of nitrogens with zero attached hydrogens (tertiary/aromatic N) is 3. The van der Waals surface area contributed by atoms with Gasteiger partial charge in [0.25, 0.3) is 11.6 Å². The van der Waals surface area contributed by atoms with Crippen LogP contribution in [0.15, 0.2) is 36.7 Å². The minimum atomic E-state index is -1.01. The Bertz CT molecular complexity index is 689. The first-order valence-electron chi connectivity index (χ1n) is 6.07. The fourth-order valence-electron chi connectivity index (χ4n) is 1.69. The zero-order valence-electron chi connectivity index (χ0n) is 11.5. The number of hydrogen-bond donors (Lipinski definition) is 1. The van der Waals surface area contributed by atoms with Gasteiger partial charge in [-0.3, -0.25) is 14.9 Å². The van der Waals surface area contributed by atoms with Gasteiger partial charge >= 0.3 is 0 Å². The number of carbonyl (C=O) groups is 1. The topological polar surface area (TPSA) is 130 Å². The summed E-state index contributed by atoms with van der Waals surface area (Å²) in [6.45, 7) is 0. The molecule has 9 heteroatoms. The van der Waals surface area contributed by atoms with Crippen molar-refractivity contribution < 1.29 is 19.2 Å². The summed E-state index contributed by atoms with van der Waals surface area (Å²) < 4.78 is 10.4. The van der Waals surface area contributed by atoms with Gasteiger partial charge in [0.1, 0.15) is 12.1 Å². The van der Waals surface area contributed by atoms with Crippen LogP contribution in [0, 0.1) is 10.1 Å². The molecule has 2 N–H and O–H groups in total. The Morgan fingerprint density at radius 2 is 2.00 bits per heavy atom. The van der Waals surface area contributed by atoms with E-state index in [1.165, 1.54) is 43.8 Å². The molecule has 0 saturated carbocycles. The van der Waals surface area contributed by atoms with Gasteiger partial charge in [-0.25, -0.2) is 9.97 Å². The maximum absolute atomic E-state index is 11.2. The molecule has 1 unspecified atom stereocenters. The zero-order chi connectivity index (χ0) is 16.1. The molecule has 9 nitrogen and oxygen atoms in total. The number of nitrogens with two attached hydrogens (primary N) is 1. The first-order chi connectivity index (χ1) is 10.5. The number of non-ortho nitro benzene ring substituents is 1. The lowest BCUT2D eigenvalue weighted by molar-refractivity contribution is -0.384. The minimum absolute atomic E-state index is 0.0519. The van der Waals surface area contributed by atoms with Crippen molar-refractivity contribution in [2.75, 3.05) is 7.11 Å². The number of primary amides is 1. The van der Waals surface area contributed by atoms with Crippen molar-refractivity contribution in [1.29, 1.82) is 0 Å². The number of rotatable bonds is 6. The van der Waals surface area contributed by atoms with E-state index < -0.39 is 16.9 Å². The Balaban J connectivity index is 2.19. The molecule has 22 heavy (non-hydrogen) atoms. The Hall–Kier alpha value is -3.07. The molecule has 1 amide bonds. The van der Waals surface area contributed by atoms with E-state index in [0.717, 1.165) is 0 Å². The van der Waals surface area contributed by atoms with Gasteiger partial charge in [-0.15, -0.1) is 0 Å². The second-order valence-corrected chi connectivity index (χ2v) is 4.15. The molecule has 1 aromatic carbocycles. The van der Waals surface area contributed by atoms with E-state index in [1.807, 2.05) is 0 Å². The van der Waals surface area contributed by atoms with Crippen LogP contribution in [0.25, 0.3) is 0 Å². The Morgan fingerprint density at radius 1 is 1.32 bits per heavy atom. The molecule has 0 aliphatic heterocycles. The summed E-state index contributed by atoms with van der Waals surface area (Å²) in [5.41, 5.74) is 5.40. The lowest BCUT2D eigenvalue weighted by atomic mass is 10.2. The largest absolute Gasteiger partial charge is 0.439 e. The Labute approximate surface area is 124 Å². The number of carbonyl (C=O) groups excluding carboxylic acids is 1. The normalized spacial score (nSPS) is 11.7. The molecule has 0 saturated heterocycles. The molecule has 0 aliphatic carbocycles. The van der Waals surface area contributed by atoms with Gasteiger partial charge in [0.2, 0.25) is 5.88 Å². The van der Waals surface area contributed by atoms with Crippen LogP contribution in [0.4, 0.5) is 5.69 Å². The molecule has 1 heterocycles.